The molecule has 27 heteroatoms. The van der Waals surface area contributed by atoms with E-state index < -0.39 is 136 Å². The lowest BCUT2D eigenvalue weighted by atomic mass is 9.78. The molecule has 4 aromatic rings. The number of amides is 6. The Hall–Kier alpha value is -9.31. The molecule has 0 saturated carbocycles. The van der Waals surface area contributed by atoms with E-state index in [0.717, 1.165) is 5.56 Å². The molecular formula is C75H100N9O18+. The molecule has 1 aromatic heterocycles. The van der Waals surface area contributed by atoms with E-state index in [0.29, 0.717) is 48.3 Å². The van der Waals surface area contributed by atoms with Gasteiger partial charge in [-0.15, -0.1) is 0 Å². The zero-order valence-electron chi connectivity index (χ0n) is 60.9. The number of nitrogens with two attached hydrogens (primary N) is 1. The van der Waals surface area contributed by atoms with Crippen molar-refractivity contribution in [2.24, 2.45) is 41.2 Å². The number of benzene rings is 3. The van der Waals surface area contributed by atoms with Crippen molar-refractivity contribution in [1.29, 1.82) is 0 Å². The fraction of sp³-hybridized carbons (Fsp3) is 0.533. The van der Waals surface area contributed by atoms with Gasteiger partial charge in [0, 0.05) is 142 Å². The van der Waals surface area contributed by atoms with E-state index in [9.17, 15) is 53.7 Å². The van der Waals surface area contributed by atoms with Crippen LogP contribution < -0.4 is 53.3 Å². The molecule has 8 rings (SSSR count). The third-order valence-corrected chi connectivity index (χ3v) is 20.3. The second kappa shape index (κ2) is 32.8. The van der Waals surface area contributed by atoms with Crippen LogP contribution >= 0.6 is 0 Å². The summed E-state index contributed by atoms with van der Waals surface area (Å²) in [5, 5.41) is 48.6. The molecule has 0 spiro atoms. The Morgan fingerprint density at radius 2 is 1.56 bits per heavy atom. The molecule has 3 aliphatic heterocycles. The molecule has 10 N–H and O–H groups in total. The number of hydrogen-bond donors (Lipinski definition) is 9. The maximum absolute atomic E-state index is 15.2. The number of nitrogens with zero attached hydrogens (tertiary/aromatic N) is 3. The predicted molar refractivity (Wildman–Crippen MR) is 383 cm³/mol. The Kier molecular flexibility index (Phi) is 25.2. The maximum Gasteiger partial charge on any atom is 0.312 e. The standard InChI is InChI=1S/C75H99N9O18/c1-37(2)51(86)25-26-55(88)80-59(38(3)4)73(96)79-50(20-17-30-77-74(76)97)72(95)78-47-23-21-46(22-24-47)36-84(13,14)49-27-31-83(32-28-49)48-34-52(87)60-54(35-48)101-69-61(81-60)56-57-65(91)44(10)68-58(56)70(93)75(12,102-68)99-33-29-53(98-15)41(7)67(100-45(11)85)43(9)64(90)42(8)63(89)39(5)18-16-19-40(6)71(94)82-62(69)66(57)92/h16,18-19,21-24,29,33-35,37-39,41-43,49-50,53,58-59,63-64,67,89-90H,17,20,25-28,30-32,36H2,1-15H3,(H7-,76,77,78,79,80,81,82,87,88,91,92,94,95,96,97)/p+1/b18-16+,33-29+,40-19-/t39-,41+,42+,43+,50-,53-,58?,59-,63-,64+,67+,75-/m0/s1. The number of urea groups is 1. The number of rotatable bonds is 20. The van der Waals surface area contributed by atoms with Gasteiger partial charge in [0.1, 0.15) is 59.2 Å². The number of esters is 1. The maximum atomic E-state index is 15.2. The summed E-state index contributed by atoms with van der Waals surface area (Å²) in [5.41, 5.74) is 4.49. The number of ketones is 2. The Labute approximate surface area is 592 Å². The number of hydrogen-bond acceptors (Lipinski definition) is 20. The van der Waals surface area contributed by atoms with Gasteiger partial charge in [-0.3, -0.25) is 43.2 Å². The van der Waals surface area contributed by atoms with Crippen molar-refractivity contribution < 1.29 is 81.5 Å². The van der Waals surface area contributed by atoms with Gasteiger partial charge in [0.05, 0.1) is 49.9 Å². The molecule has 5 bridgehead atoms. The average Bonchev–Trinajstić information content (AvgIpc) is 1.62. The number of ether oxygens (including phenoxy) is 4. The number of aromatic nitrogens is 1. The Morgan fingerprint density at radius 3 is 2.19 bits per heavy atom. The fourth-order valence-corrected chi connectivity index (χ4v) is 14.0. The van der Waals surface area contributed by atoms with Gasteiger partial charge in [-0.05, 0) is 50.8 Å². The van der Waals surface area contributed by atoms with Crippen molar-refractivity contribution in [3.63, 3.8) is 0 Å². The molecular weight excluding hydrogens is 1310 g/mol. The minimum atomic E-state index is -2.12. The lowest BCUT2D eigenvalue weighted by molar-refractivity contribution is -0.928. The Morgan fingerprint density at radius 1 is 0.882 bits per heavy atom. The first-order valence-electron chi connectivity index (χ1n) is 34.8. The van der Waals surface area contributed by atoms with Crippen molar-refractivity contribution in [1.82, 2.24) is 20.9 Å². The van der Waals surface area contributed by atoms with Gasteiger partial charge in [-0.2, -0.15) is 0 Å². The minimum Gasteiger partial charge on any atom is -0.507 e. The van der Waals surface area contributed by atoms with Gasteiger partial charge in [0.25, 0.3) is 5.91 Å². The van der Waals surface area contributed by atoms with Crippen LogP contribution in [0, 0.1) is 35.5 Å². The molecule has 2 fully saturated rings. The summed E-state index contributed by atoms with van der Waals surface area (Å²) in [7, 11) is 5.67. The first kappa shape index (κ1) is 78.4. The number of allylic oxidation sites excluding steroid dienone is 3. The minimum absolute atomic E-state index is 0.0103. The van der Waals surface area contributed by atoms with E-state index in [2.05, 4.69) is 40.7 Å². The molecule has 3 aromatic carbocycles. The number of aliphatic hydroxyl groups excluding tert-OH is 3. The summed E-state index contributed by atoms with van der Waals surface area (Å²) in [6.45, 7) is 21.2. The number of quaternary nitrogens is 1. The number of fused-ring (bicyclic) bond motifs is 5. The number of piperidine rings is 1. The van der Waals surface area contributed by atoms with Crippen molar-refractivity contribution in [2.45, 2.75) is 182 Å². The number of methoxy groups -OCH3 is 1. The fourth-order valence-electron chi connectivity index (χ4n) is 14.0. The van der Waals surface area contributed by atoms with E-state index >= 15 is 9.59 Å². The first-order valence-corrected chi connectivity index (χ1v) is 34.8. The summed E-state index contributed by atoms with van der Waals surface area (Å²) < 4.78 is 31.3. The molecule has 4 heterocycles. The van der Waals surface area contributed by atoms with Gasteiger partial charge in [0.2, 0.25) is 34.4 Å². The number of primary amides is 1. The smallest absolute Gasteiger partial charge is 0.312 e. The number of carbonyl (C=O) groups is 8. The van der Waals surface area contributed by atoms with Gasteiger partial charge >= 0.3 is 17.8 Å². The van der Waals surface area contributed by atoms with Crippen LogP contribution in [0.2, 0.25) is 0 Å². The summed E-state index contributed by atoms with van der Waals surface area (Å²) in [5.74, 6) is -11.4. The summed E-state index contributed by atoms with van der Waals surface area (Å²) in [4.78, 5) is 143. The second-order valence-electron chi connectivity index (χ2n) is 28.9. The topological polar surface area (TPSA) is 384 Å². The van der Waals surface area contributed by atoms with Crippen LogP contribution in [0.1, 0.15) is 139 Å². The Balaban J connectivity index is 1.05. The van der Waals surface area contributed by atoms with Crippen LogP contribution in [-0.2, 0) is 59.1 Å². The average molecular weight is 1420 g/mol. The largest absolute Gasteiger partial charge is 0.507 e. The third-order valence-electron chi connectivity index (χ3n) is 20.3. The molecule has 552 valence electrons. The summed E-state index contributed by atoms with van der Waals surface area (Å²) in [6.07, 6.45) is 4.94. The number of nitrogens with one attached hydrogen (secondary N) is 5. The SMILES string of the molecule is CO[C@H]1/C=C/O[C@@]2(C)OC3=C(C)C(O)=c4c(c5nc6c(=O)cc(N7CCC([N+](C)(C)Cc8ccc(NC(=O)[C@H](CCCNC(N)=O)NC(=O)[C@@H](NC(=O)CCC(=O)C(C)C)C(C)C)cc8)CC7)cc6oc5c(c4=O)NC(=O)/C(C)=C\C=C\[C@H](C)[C@H](O)[C@@H](C)[C@@H](O)[C@@H](C)[C@H](OC(C)=O)[C@@H]1C)C3C2=O. The summed E-state index contributed by atoms with van der Waals surface area (Å²) in [6, 6.07) is 7.77. The van der Waals surface area contributed by atoms with Crippen LogP contribution in [-0.4, -0.2) is 161 Å². The molecule has 12 atom stereocenters. The highest BCUT2D eigenvalue weighted by Gasteiger charge is 2.56. The van der Waals surface area contributed by atoms with Gasteiger partial charge in [0.15, 0.2) is 16.7 Å². The first-order chi connectivity index (χ1) is 48.0. The van der Waals surface area contributed by atoms with E-state index in [1.54, 1.807) is 85.7 Å². The molecule has 1 unspecified atom stereocenters. The highest BCUT2D eigenvalue weighted by Crippen LogP contribution is 2.47. The number of anilines is 3. The van der Waals surface area contributed by atoms with Crippen LogP contribution in [0.4, 0.5) is 21.9 Å². The van der Waals surface area contributed by atoms with Gasteiger partial charge in [-0.1, -0.05) is 85.8 Å². The van der Waals surface area contributed by atoms with Crippen molar-refractivity contribution >= 4 is 92.2 Å². The van der Waals surface area contributed by atoms with Gasteiger partial charge in [-0.25, -0.2) is 9.78 Å². The van der Waals surface area contributed by atoms with Crippen LogP contribution in [0.25, 0.3) is 28.0 Å². The van der Waals surface area contributed by atoms with E-state index in [-0.39, 0.29) is 106 Å². The number of Topliss-reactive ketones (excluding diaryl/α,β-unsaturated/α-hetero) is 2. The van der Waals surface area contributed by atoms with Crippen LogP contribution in [0.5, 0.6) is 0 Å². The van der Waals surface area contributed by atoms with Crippen molar-refractivity contribution in [3.8, 4) is 0 Å². The molecule has 4 aliphatic rings. The number of carbonyl (C=O) groups excluding carboxylic acids is 8. The highest BCUT2D eigenvalue weighted by molar-refractivity contribution is 6.10. The van der Waals surface area contributed by atoms with E-state index in [1.807, 2.05) is 17.0 Å². The normalized spacial score (nSPS) is 25.6. The third kappa shape index (κ3) is 17.6. The molecule has 0 radical (unpaired) electrons. The molecule has 6 amide bonds. The highest BCUT2D eigenvalue weighted by atomic mass is 16.7. The van der Waals surface area contributed by atoms with E-state index in [4.69, 9.17) is 34.1 Å². The second-order valence-corrected chi connectivity index (χ2v) is 28.9. The van der Waals surface area contributed by atoms with Crippen LogP contribution in [0.15, 0.2) is 97.9 Å². The lowest BCUT2D eigenvalue weighted by Gasteiger charge is -2.43. The zero-order chi connectivity index (χ0) is 75.1. The Bertz CT molecular complexity index is 4190. The van der Waals surface area contributed by atoms with Crippen LogP contribution in [0.3, 0.4) is 0 Å². The predicted octanol–water partition coefficient (Wildman–Crippen LogP) is 6.23. The lowest BCUT2D eigenvalue weighted by Crippen LogP contribution is -2.54. The zero-order valence-corrected chi connectivity index (χ0v) is 60.9. The molecule has 2 saturated heterocycles. The molecule has 102 heavy (non-hydrogen) atoms. The van der Waals surface area contributed by atoms with Crippen molar-refractivity contribution in [2.75, 3.05) is 56.4 Å². The van der Waals surface area contributed by atoms with E-state index in [1.165, 1.54) is 59.3 Å². The van der Waals surface area contributed by atoms with Crippen molar-refractivity contribution in [3.05, 3.63) is 121 Å². The monoisotopic (exact) mass is 1410 g/mol. The number of aliphatic hydroxyl groups is 3. The summed E-state index contributed by atoms with van der Waals surface area (Å²) >= 11 is 0. The van der Waals surface area contributed by atoms with Gasteiger partial charge < -0.3 is 80.4 Å². The molecule has 27 nitrogen and oxygen atoms in total. The molecule has 1 aliphatic carbocycles. The quantitative estimate of drug-likeness (QED) is 0.0205.